The van der Waals surface area contributed by atoms with Gasteiger partial charge in [0.15, 0.2) is 0 Å². The van der Waals surface area contributed by atoms with Crippen LogP contribution in [-0.4, -0.2) is 62.2 Å². The van der Waals surface area contributed by atoms with Crippen molar-refractivity contribution in [1.29, 1.82) is 0 Å². The summed E-state index contributed by atoms with van der Waals surface area (Å²) in [6.45, 7) is 5.09. The Morgan fingerprint density at radius 2 is 1.81 bits per heavy atom. The summed E-state index contributed by atoms with van der Waals surface area (Å²) in [7, 11) is 0. The molecule has 4 atom stereocenters. The number of nitrogens with zero attached hydrogens (tertiary/aromatic N) is 1. The Bertz CT molecular complexity index is 602. The second-order valence-corrected chi connectivity index (χ2v) is 6.64. The van der Waals surface area contributed by atoms with Gasteiger partial charge < -0.3 is 31.6 Å². The summed E-state index contributed by atoms with van der Waals surface area (Å²) in [5.74, 6) is -2.45. The van der Waals surface area contributed by atoms with Gasteiger partial charge in [-0.25, -0.2) is 9.78 Å². The van der Waals surface area contributed by atoms with E-state index in [1.54, 1.807) is 0 Å². The van der Waals surface area contributed by atoms with Crippen LogP contribution in [-0.2, 0) is 20.8 Å². The van der Waals surface area contributed by atoms with Crippen LogP contribution in [0.2, 0.25) is 0 Å². The number of nitrogens with one attached hydrogen (secondary N) is 3. The first-order valence-electron chi connectivity index (χ1n) is 8.36. The number of aromatic amines is 1. The van der Waals surface area contributed by atoms with Gasteiger partial charge in [-0.1, -0.05) is 13.8 Å². The SMILES string of the molecule is CC(C)CC(NC(=O)C(N)C(C)O)C(=O)NC(Cc1cnc[nH]1)C(=O)O. The Hall–Kier alpha value is -2.46. The number of amides is 2. The molecule has 4 unspecified atom stereocenters. The number of carboxylic acid groups (broad SMARTS) is 1. The maximum Gasteiger partial charge on any atom is 0.326 e. The van der Waals surface area contributed by atoms with Gasteiger partial charge in [-0.2, -0.15) is 0 Å². The number of aliphatic hydroxyl groups is 1. The maximum absolute atomic E-state index is 12.5. The Morgan fingerprint density at radius 1 is 1.19 bits per heavy atom. The summed E-state index contributed by atoms with van der Waals surface area (Å²) in [6.07, 6.45) is 2.12. The van der Waals surface area contributed by atoms with E-state index in [0.717, 1.165) is 0 Å². The zero-order chi connectivity index (χ0) is 19.9. The fraction of sp³-hybridized carbons (Fsp3) is 0.625. The first kappa shape index (κ1) is 21.6. The quantitative estimate of drug-likeness (QED) is 0.299. The van der Waals surface area contributed by atoms with Crippen molar-refractivity contribution in [3.05, 3.63) is 18.2 Å². The van der Waals surface area contributed by atoms with Crippen LogP contribution in [0.15, 0.2) is 12.5 Å². The van der Waals surface area contributed by atoms with Crippen molar-refractivity contribution in [1.82, 2.24) is 20.6 Å². The molecule has 0 aliphatic carbocycles. The summed E-state index contributed by atoms with van der Waals surface area (Å²) in [6, 6.07) is -3.33. The van der Waals surface area contributed by atoms with Gasteiger partial charge in [0.05, 0.1) is 12.4 Å². The van der Waals surface area contributed by atoms with Crippen molar-refractivity contribution >= 4 is 17.8 Å². The molecule has 0 aromatic carbocycles. The first-order valence-corrected chi connectivity index (χ1v) is 8.36. The Kier molecular flexibility index (Phi) is 8.20. The minimum absolute atomic E-state index is 0.0244. The predicted octanol–water partition coefficient (Wildman–Crippen LogP) is -1.24. The molecule has 26 heavy (non-hydrogen) atoms. The monoisotopic (exact) mass is 369 g/mol. The molecule has 1 heterocycles. The number of carbonyl (C=O) groups excluding carboxylic acids is 2. The Labute approximate surface area is 151 Å². The summed E-state index contributed by atoms with van der Waals surface area (Å²) in [5, 5.41) is 23.7. The second-order valence-electron chi connectivity index (χ2n) is 6.64. The van der Waals surface area contributed by atoms with Crippen molar-refractivity contribution in [2.75, 3.05) is 0 Å². The smallest absolute Gasteiger partial charge is 0.326 e. The topological polar surface area (TPSA) is 170 Å². The largest absolute Gasteiger partial charge is 0.480 e. The van der Waals surface area contributed by atoms with Crippen LogP contribution in [0.25, 0.3) is 0 Å². The molecule has 0 spiro atoms. The molecule has 0 aliphatic rings. The van der Waals surface area contributed by atoms with Gasteiger partial charge in [0.2, 0.25) is 11.8 Å². The standard InChI is InChI=1S/C16H27N5O5/c1-8(2)4-11(20-15(24)13(17)9(3)22)14(23)21-12(16(25)26)5-10-6-18-7-19-10/h6-9,11-13,22H,4-5,17H2,1-3H3,(H,18,19)(H,20,24)(H,21,23)(H,25,26). The number of hydrogen-bond donors (Lipinski definition) is 6. The molecular weight excluding hydrogens is 342 g/mol. The van der Waals surface area contributed by atoms with E-state index in [2.05, 4.69) is 20.6 Å². The highest BCUT2D eigenvalue weighted by molar-refractivity contribution is 5.92. The lowest BCUT2D eigenvalue weighted by molar-refractivity contribution is -0.142. The van der Waals surface area contributed by atoms with Gasteiger partial charge in [0.25, 0.3) is 0 Å². The van der Waals surface area contributed by atoms with E-state index >= 15 is 0 Å². The van der Waals surface area contributed by atoms with Crippen molar-refractivity contribution in [3.8, 4) is 0 Å². The normalized spacial score (nSPS) is 15.8. The fourth-order valence-electron chi connectivity index (χ4n) is 2.28. The van der Waals surface area contributed by atoms with Crippen LogP contribution in [0.3, 0.4) is 0 Å². The first-order chi connectivity index (χ1) is 12.1. The van der Waals surface area contributed by atoms with Crippen molar-refractivity contribution in [2.45, 2.75) is 57.8 Å². The predicted molar refractivity (Wildman–Crippen MR) is 92.9 cm³/mol. The molecule has 1 aromatic rings. The lowest BCUT2D eigenvalue weighted by Gasteiger charge is -2.24. The van der Waals surface area contributed by atoms with Crippen LogP contribution in [0.4, 0.5) is 0 Å². The van der Waals surface area contributed by atoms with Crippen LogP contribution in [0.5, 0.6) is 0 Å². The van der Waals surface area contributed by atoms with E-state index in [0.29, 0.717) is 12.1 Å². The molecule has 0 fully saturated rings. The molecule has 7 N–H and O–H groups in total. The van der Waals surface area contributed by atoms with Crippen LogP contribution in [0, 0.1) is 5.92 Å². The van der Waals surface area contributed by atoms with E-state index < -0.39 is 42.0 Å². The van der Waals surface area contributed by atoms with Gasteiger partial charge in [0, 0.05) is 18.3 Å². The van der Waals surface area contributed by atoms with E-state index in [-0.39, 0.29) is 12.3 Å². The minimum Gasteiger partial charge on any atom is -0.480 e. The molecule has 0 aliphatic heterocycles. The van der Waals surface area contributed by atoms with Gasteiger partial charge in [-0.3, -0.25) is 9.59 Å². The van der Waals surface area contributed by atoms with Gasteiger partial charge in [-0.15, -0.1) is 0 Å². The zero-order valence-electron chi connectivity index (χ0n) is 15.1. The van der Waals surface area contributed by atoms with Gasteiger partial charge >= 0.3 is 5.97 Å². The lowest BCUT2D eigenvalue weighted by atomic mass is 10.0. The molecule has 0 bridgehead atoms. The minimum atomic E-state index is -1.21. The molecule has 1 rings (SSSR count). The van der Waals surface area contributed by atoms with Crippen molar-refractivity contribution < 1.29 is 24.6 Å². The fourth-order valence-corrected chi connectivity index (χ4v) is 2.28. The number of aromatic nitrogens is 2. The van der Waals surface area contributed by atoms with E-state index in [9.17, 15) is 24.6 Å². The third kappa shape index (κ3) is 6.81. The van der Waals surface area contributed by atoms with Crippen LogP contribution >= 0.6 is 0 Å². The molecule has 0 radical (unpaired) electrons. The van der Waals surface area contributed by atoms with Gasteiger partial charge in [0.1, 0.15) is 18.1 Å². The maximum atomic E-state index is 12.5. The number of aliphatic carboxylic acids is 1. The molecule has 10 heteroatoms. The van der Waals surface area contributed by atoms with Crippen molar-refractivity contribution in [3.63, 3.8) is 0 Å². The lowest BCUT2D eigenvalue weighted by Crippen LogP contribution is -2.56. The summed E-state index contributed by atoms with van der Waals surface area (Å²) < 4.78 is 0. The highest BCUT2D eigenvalue weighted by Crippen LogP contribution is 2.07. The number of hydrogen-bond acceptors (Lipinski definition) is 6. The zero-order valence-corrected chi connectivity index (χ0v) is 15.1. The second kappa shape index (κ2) is 9.88. The van der Waals surface area contributed by atoms with E-state index in [1.165, 1.54) is 19.4 Å². The van der Waals surface area contributed by atoms with Crippen molar-refractivity contribution in [2.24, 2.45) is 11.7 Å². The third-order valence-electron chi connectivity index (χ3n) is 3.76. The molecule has 10 nitrogen and oxygen atoms in total. The molecule has 0 saturated carbocycles. The molecule has 146 valence electrons. The number of carboxylic acids is 1. The number of aliphatic hydroxyl groups excluding tert-OH is 1. The summed E-state index contributed by atoms with van der Waals surface area (Å²) in [4.78, 5) is 42.6. The number of nitrogens with two attached hydrogens (primary N) is 1. The average molecular weight is 369 g/mol. The number of rotatable bonds is 10. The summed E-state index contributed by atoms with van der Waals surface area (Å²) >= 11 is 0. The highest BCUT2D eigenvalue weighted by Gasteiger charge is 2.29. The summed E-state index contributed by atoms with van der Waals surface area (Å²) in [5.41, 5.74) is 6.13. The third-order valence-corrected chi connectivity index (χ3v) is 3.76. The molecule has 0 saturated heterocycles. The number of carbonyl (C=O) groups is 3. The van der Waals surface area contributed by atoms with Crippen LogP contribution in [0.1, 0.15) is 32.9 Å². The number of H-pyrrole nitrogens is 1. The van der Waals surface area contributed by atoms with E-state index in [1.807, 2.05) is 13.8 Å². The van der Waals surface area contributed by atoms with E-state index in [4.69, 9.17) is 5.73 Å². The molecular formula is C16H27N5O5. The molecule has 2 amide bonds. The van der Waals surface area contributed by atoms with Gasteiger partial charge in [-0.05, 0) is 19.3 Å². The van der Waals surface area contributed by atoms with Crippen LogP contribution < -0.4 is 16.4 Å². The Balaban J connectivity index is 2.82. The number of imidazole rings is 1. The Morgan fingerprint density at radius 3 is 2.27 bits per heavy atom. The highest BCUT2D eigenvalue weighted by atomic mass is 16.4. The average Bonchev–Trinajstić information content (AvgIpc) is 3.04. The molecule has 1 aromatic heterocycles.